The summed E-state index contributed by atoms with van der Waals surface area (Å²) in [6, 6.07) is 9.92. The number of rotatable bonds is 4. The van der Waals surface area contributed by atoms with Gasteiger partial charge in [0.2, 0.25) is 0 Å². The molecule has 0 fully saturated rings. The number of furan rings is 1. The first-order valence-corrected chi connectivity index (χ1v) is 7.75. The molecule has 0 N–H and O–H groups in total. The molecule has 0 unspecified atom stereocenters. The zero-order valence-electron chi connectivity index (χ0n) is 11.2. The zero-order valence-corrected chi connectivity index (χ0v) is 12.1. The SMILES string of the molecule is c1ccc(CN(Cc2ccco2)C2=NCCCS2)nc1. The number of aliphatic imine (C=N–C) groups is 1. The van der Waals surface area contributed by atoms with Gasteiger partial charge in [-0.05, 0) is 30.7 Å². The minimum Gasteiger partial charge on any atom is -0.467 e. The average molecular weight is 287 g/mol. The Kier molecular flexibility index (Phi) is 4.38. The molecule has 0 aliphatic carbocycles. The molecule has 104 valence electrons. The summed E-state index contributed by atoms with van der Waals surface area (Å²) in [7, 11) is 0. The molecular formula is C15H17N3OS. The van der Waals surface area contributed by atoms with Crippen LogP contribution in [0.25, 0.3) is 0 Å². The van der Waals surface area contributed by atoms with Gasteiger partial charge >= 0.3 is 0 Å². The number of amidine groups is 1. The molecule has 2 aromatic heterocycles. The fraction of sp³-hybridized carbons (Fsp3) is 0.333. The Morgan fingerprint density at radius 3 is 2.90 bits per heavy atom. The molecule has 3 heterocycles. The lowest BCUT2D eigenvalue weighted by molar-refractivity contribution is 0.357. The summed E-state index contributed by atoms with van der Waals surface area (Å²) in [6.45, 7) is 2.40. The predicted octanol–water partition coefficient (Wildman–Crippen LogP) is 3.17. The van der Waals surface area contributed by atoms with Crippen LogP contribution >= 0.6 is 11.8 Å². The van der Waals surface area contributed by atoms with Gasteiger partial charge in [-0.1, -0.05) is 17.8 Å². The summed E-state index contributed by atoms with van der Waals surface area (Å²) in [4.78, 5) is 11.3. The Bertz CT molecular complexity index is 554. The Labute approximate surface area is 122 Å². The molecule has 0 saturated heterocycles. The van der Waals surface area contributed by atoms with E-state index in [1.165, 1.54) is 0 Å². The molecule has 0 bridgehead atoms. The number of thioether (sulfide) groups is 1. The normalized spacial score (nSPS) is 14.9. The zero-order chi connectivity index (χ0) is 13.6. The third-order valence-corrected chi connectivity index (χ3v) is 4.20. The van der Waals surface area contributed by atoms with Crippen molar-refractivity contribution in [1.29, 1.82) is 0 Å². The van der Waals surface area contributed by atoms with E-state index in [0.717, 1.165) is 48.4 Å². The second-order valence-corrected chi connectivity index (χ2v) is 5.68. The van der Waals surface area contributed by atoms with E-state index >= 15 is 0 Å². The Morgan fingerprint density at radius 1 is 1.20 bits per heavy atom. The van der Waals surface area contributed by atoms with E-state index in [1.54, 1.807) is 6.26 Å². The molecule has 0 spiro atoms. The molecule has 0 atom stereocenters. The average Bonchev–Trinajstić information content (AvgIpc) is 3.02. The van der Waals surface area contributed by atoms with Crippen LogP contribution in [0.4, 0.5) is 0 Å². The highest BCUT2D eigenvalue weighted by atomic mass is 32.2. The Balaban J connectivity index is 1.77. The maximum absolute atomic E-state index is 5.47. The van der Waals surface area contributed by atoms with Crippen LogP contribution in [0.5, 0.6) is 0 Å². The fourth-order valence-electron chi connectivity index (χ4n) is 2.11. The summed E-state index contributed by atoms with van der Waals surface area (Å²) < 4.78 is 5.47. The van der Waals surface area contributed by atoms with Crippen LogP contribution in [0.3, 0.4) is 0 Å². The van der Waals surface area contributed by atoms with Gasteiger partial charge < -0.3 is 9.32 Å². The second kappa shape index (κ2) is 6.61. The smallest absolute Gasteiger partial charge is 0.159 e. The Hall–Kier alpha value is -1.75. The van der Waals surface area contributed by atoms with Crippen LogP contribution in [-0.2, 0) is 13.1 Å². The molecular weight excluding hydrogens is 270 g/mol. The highest BCUT2D eigenvalue weighted by Crippen LogP contribution is 2.20. The van der Waals surface area contributed by atoms with Gasteiger partial charge in [0.05, 0.1) is 25.0 Å². The van der Waals surface area contributed by atoms with Crippen molar-refractivity contribution < 1.29 is 4.42 Å². The van der Waals surface area contributed by atoms with Gasteiger partial charge in [-0.3, -0.25) is 9.98 Å². The summed E-state index contributed by atoms with van der Waals surface area (Å²) in [5.41, 5.74) is 1.05. The van der Waals surface area contributed by atoms with E-state index in [1.807, 2.05) is 48.3 Å². The monoisotopic (exact) mass is 287 g/mol. The molecule has 3 rings (SSSR count). The fourth-order valence-corrected chi connectivity index (χ4v) is 3.06. The highest BCUT2D eigenvalue weighted by Gasteiger charge is 2.17. The third kappa shape index (κ3) is 3.42. The van der Waals surface area contributed by atoms with Crippen LogP contribution in [0.2, 0.25) is 0 Å². The summed E-state index contributed by atoms with van der Waals surface area (Å²) in [5, 5.41) is 1.10. The van der Waals surface area contributed by atoms with Crippen molar-refractivity contribution >= 4 is 16.9 Å². The lowest BCUT2D eigenvalue weighted by atomic mass is 10.3. The van der Waals surface area contributed by atoms with Crippen molar-refractivity contribution in [2.45, 2.75) is 19.5 Å². The quantitative estimate of drug-likeness (QED) is 0.866. The van der Waals surface area contributed by atoms with Crippen molar-refractivity contribution in [3.63, 3.8) is 0 Å². The van der Waals surface area contributed by atoms with Gasteiger partial charge in [0.1, 0.15) is 5.76 Å². The number of nitrogens with zero attached hydrogens (tertiary/aromatic N) is 3. The van der Waals surface area contributed by atoms with Crippen molar-refractivity contribution in [1.82, 2.24) is 9.88 Å². The molecule has 0 saturated carbocycles. The van der Waals surface area contributed by atoms with Crippen LogP contribution in [0, 0.1) is 0 Å². The predicted molar refractivity (Wildman–Crippen MR) is 81.6 cm³/mol. The van der Waals surface area contributed by atoms with E-state index in [0.29, 0.717) is 0 Å². The van der Waals surface area contributed by atoms with Crippen molar-refractivity contribution in [2.75, 3.05) is 12.3 Å². The van der Waals surface area contributed by atoms with Gasteiger partial charge in [-0.2, -0.15) is 0 Å². The van der Waals surface area contributed by atoms with Crippen LogP contribution in [0.1, 0.15) is 17.9 Å². The molecule has 5 heteroatoms. The topological polar surface area (TPSA) is 41.6 Å². The second-order valence-electron chi connectivity index (χ2n) is 4.62. The number of hydrogen-bond donors (Lipinski definition) is 0. The summed E-state index contributed by atoms with van der Waals surface area (Å²) in [5.74, 6) is 2.09. The lowest BCUT2D eigenvalue weighted by Crippen LogP contribution is -2.30. The maximum atomic E-state index is 5.47. The van der Waals surface area contributed by atoms with Gasteiger partial charge in [0.15, 0.2) is 5.17 Å². The van der Waals surface area contributed by atoms with Gasteiger partial charge in [0.25, 0.3) is 0 Å². The molecule has 1 aliphatic rings. The van der Waals surface area contributed by atoms with Gasteiger partial charge in [-0.15, -0.1) is 0 Å². The van der Waals surface area contributed by atoms with E-state index in [4.69, 9.17) is 4.42 Å². The Morgan fingerprint density at radius 2 is 2.20 bits per heavy atom. The van der Waals surface area contributed by atoms with Gasteiger partial charge in [0, 0.05) is 18.5 Å². The molecule has 1 aliphatic heterocycles. The summed E-state index contributed by atoms with van der Waals surface area (Å²) in [6.07, 6.45) is 4.70. The molecule has 0 radical (unpaired) electrons. The molecule has 4 nitrogen and oxygen atoms in total. The summed E-state index contributed by atoms with van der Waals surface area (Å²) >= 11 is 1.82. The van der Waals surface area contributed by atoms with Crippen molar-refractivity contribution in [3.8, 4) is 0 Å². The standard InChI is InChI=1S/C15H17N3OS/c1-2-7-16-13(5-1)11-18(12-14-6-3-9-19-14)15-17-8-4-10-20-15/h1-3,5-7,9H,4,8,10-12H2. The van der Waals surface area contributed by atoms with Gasteiger partial charge in [-0.25, -0.2) is 0 Å². The third-order valence-electron chi connectivity index (χ3n) is 3.06. The first kappa shape index (κ1) is 13.2. The van der Waals surface area contributed by atoms with Crippen LogP contribution in [-0.4, -0.2) is 27.3 Å². The minimum absolute atomic E-state index is 0.732. The number of aromatic nitrogens is 1. The van der Waals surface area contributed by atoms with Crippen molar-refractivity contribution in [2.24, 2.45) is 4.99 Å². The maximum Gasteiger partial charge on any atom is 0.159 e. The highest BCUT2D eigenvalue weighted by molar-refractivity contribution is 8.13. The van der Waals surface area contributed by atoms with Crippen molar-refractivity contribution in [3.05, 3.63) is 54.2 Å². The lowest BCUT2D eigenvalue weighted by Gasteiger charge is -2.26. The molecule has 0 amide bonds. The molecule has 0 aromatic carbocycles. The largest absolute Gasteiger partial charge is 0.467 e. The van der Waals surface area contributed by atoms with E-state index < -0.39 is 0 Å². The van der Waals surface area contributed by atoms with Crippen LogP contribution < -0.4 is 0 Å². The van der Waals surface area contributed by atoms with E-state index in [9.17, 15) is 0 Å². The van der Waals surface area contributed by atoms with Crippen LogP contribution in [0.15, 0.2) is 52.2 Å². The molecule has 2 aromatic rings. The van der Waals surface area contributed by atoms with E-state index in [2.05, 4.69) is 14.9 Å². The number of pyridine rings is 1. The first-order valence-electron chi connectivity index (χ1n) is 6.76. The minimum atomic E-state index is 0.732. The van der Waals surface area contributed by atoms with E-state index in [-0.39, 0.29) is 0 Å². The first-order chi connectivity index (χ1) is 9.92. The molecule has 20 heavy (non-hydrogen) atoms. The number of hydrogen-bond acceptors (Lipinski definition) is 5.